The van der Waals surface area contributed by atoms with Crippen molar-refractivity contribution < 1.29 is 9.53 Å². The molecule has 2 amide bonds. The molecule has 1 saturated heterocycles. The van der Waals surface area contributed by atoms with Gasteiger partial charge < -0.3 is 19.9 Å². The summed E-state index contributed by atoms with van der Waals surface area (Å²) in [6, 6.07) is 12.4. The molecular weight excluding hydrogens is 382 g/mol. The van der Waals surface area contributed by atoms with Gasteiger partial charge in [-0.2, -0.15) is 0 Å². The normalized spacial score (nSPS) is 16.6. The van der Waals surface area contributed by atoms with Gasteiger partial charge in [-0.3, -0.25) is 0 Å². The molecule has 5 nitrogen and oxygen atoms in total. The number of carbonyl (C=O) groups excluding carboxylic acids is 1. The van der Waals surface area contributed by atoms with E-state index in [-0.39, 0.29) is 6.03 Å². The summed E-state index contributed by atoms with van der Waals surface area (Å²) in [6.07, 6.45) is 5.55. The summed E-state index contributed by atoms with van der Waals surface area (Å²) >= 11 is 1.75. The van der Waals surface area contributed by atoms with Crippen LogP contribution in [0.2, 0.25) is 0 Å². The van der Waals surface area contributed by atoms with Crippen LogP contribution in [-0.4, -0.2) is 55.2 Å². The molecule has 2 aromatic rings. The Labute approximate surface area is 177 Å². The van der Waals surface area contributed by atoms with Gasteiger partial charge in [0.2, 0.25) is 0 Å². The number of nitrogens with one attached hydrogen (secondary N) is 1. The number of thiophene rings is 1. The van der Waals surface area contributed by atoms with Crippen LogP contribution in [0, 0.1) is 0 Å². The molecule has 29 heavy (non-hydrogen) atoms. The monoisotopic (exact) mass is 413 g/mol. The average Bonchev–Trinajstić information content (AvgIpc) is 3.40. The number of amides is 2. The predicted octanol–water partition coefficient (Wildman–Crippen LogP) is 3.92. The van der Waals surface area contributed by atoms with Crippen molar-refractivity contribution in [1.29, 1.82) is 0 Å². The minimum absolute atomic E-state index is 0.0332. The minimum atomic E-state index is 0.0332. The number of ether oxygens (including phenoxy) is 1. The van der Waals surface area contributed by atoms with E-state index in [0.717, 1.165) is 44.0 Å². The van der Waals surface area contributed by atoms with Gasteiger partial charge in [-0.25, -0.2) is 4.79 Å². The van der Waals surface area contributed by atoms with Gasteiger partial charge in [-0.15, -0.1) is 11.3 Å². The lowest BCUT2D eigenvalue weighted by Crippen LogP contribution is -2.43. The molecule has 0 spiro atoms. The summed E-state index contributed by atoms with van der Waals surface area (Å²) in [6.45, 7) is 6.54. The van der Waals surface area contributed by atoms with Crippen LogP contribution in [0.1, 0.15) is 35.3 Å². The molecule has 0 atom stereocenters. The Bertz CT molecular complexity index is 787. The third-order valence-electron chi connectivity index (χ3n) is 5.73. The minimum Gasteiger partial charge on any atom is -0.484 e. The summed E-state index contributed by atoms with van der Waals surface area (Å²) in [4.78, 5) is 18.3. The molecule has 1 N–H and O–H groups in total. The van der Waals surface area contributed by atoms with Gasteiger partial charge >= 0.3 is 6.03 Å². The zero-order valence-corrected chi connectivity index (χ0v) is 17.9. The number of likely N-dealkylation sites (tertiary alicyclic amines) is 1. The fourth-order valence-electron chi connectivity index (χ4n) is 4.09. The number of fused-ring (bicyclic) bond motifs is 1. The number of benzene rings is 1. The van der Waals surface area contributed by atoms with Crippen LogP contribution in [0.5, 0.6) is 5.06 Å². The zero-order chi connectivity index (χ0) is 19.9. The molecule has 1 aromatic carbocycles. The second-order valence-corrected chi connectivity index (χ2v) is 9.00. The summed E-state index contributed by atoms with van der Waals surface area (Å²) in [5.74, 6) is 0. The van der Waals surface area contributed by atoms with Crippen molar-refractivity contribution in [2.75, 3.05) is 39.3 Å². The highest BCUT2D eigenvalue weighted by atomic mass is 32.1. The van der Waals surface area contributed by atoms with E-state index in [1.165, 1.54) is 41.9 Å². The first kappa shape index (κ1) is 20.2. The van der Waals surface area contributed by atoms with Gasteiger partial charge in [0.25, 0.3) is 0 Å². The van der Waals surface area contributed by atoms with Crippen LogP contribution < -0.4 is 10.1 Å². The van der Waals surface area contributed by atoms with E-state index in [1.54, 1.807) is 11.3 Å². The quantitative estimate of drug-likeness (QED) is 0.667. The van der Waals surface area contributed by atoms with E-state index in [2.05, 4.69) is 28.4 Å². The van der Waals surface area contributed by atoms with Crippen molar-refractivity contribution in [3.05, 3.63) is 52.4 Å². The molecule has 1 aromatic heterocycles. The van der Waals surface area contributed by atoms with Gasteiger partial charge in [-0.1, -0.05) is 30.3 Å². The van der Waals surface area contributed by atoms with Crippen molar-refractivity contribution in [2.45, 2.75) is 38.6 Å². The Morgan fingerprint density at radius 3 is 2.79 bits per heavy atom. The van der Waals surface area contributed by atoms with Crippen molar-refractivity contribution in [3.63, 3.8) is 0 Å². The topological polar surface area (TPSA) is 44.8 Å². The SMILES string of the molecule is O=C(NCCc1ccccc1)N1CCc2sc(OCCCN3CCCC3)cc2C1. The summed E-state index contributed by atoms with van der Waals surface area (Å²) < 4.78 is 6.00. The summed E-state index contributed by atoms with van der Waals surface area (Å²) in [7, 11) is 0. The molecule has 4 rings (SSSR count). The van der Waals surface area contributed by atoms with E-state index in [4.69, 9.17) is 4.74 Å². The third-order valence-corrected chi connectivity index (χ3v) is 6.88. The number of urea groups is 1. The molecule has 6 heteroatoms. The van der Waals surface area contributed by atoms with Crippen molar-refractivity contribution >= 4 is 17.4 Å². The number of nitrogens with zero attached hydrogens (tertiary/aromatic N) is 2. The molecule has 3 heterocycles. The Kier molecular flexibility index (Phi) is 7.06. The zero-order valence-electron chi connectivity index (χ0n) is 17.1. The lowest BCUT2D eigenvalue weighted by Gasteiger charge is -2.27. The Morgan fingerprint density at radius 1 is 1.14 bits per heavy atom. The molecule has 0 bridgehead atoms. The lowest BCUT2D eigenvalue weighted by atomic mass is 10.1. The summed E-state index contributed by atoms with van der Waals surface area (Å²) in [5, 5.41) is 4.06. The Hall–Kier alpha value is -2.05. The predicted molar refractivity (Wildman–Crippen MR) is 118 cm³/mol. The highest BCUT2D eigenvalue weighted by Crippen LogP contribution is 2.33. The van der Waals surface area contributed by atoms with Crippen LogP contribution in [0.25, 0.3) is 0 Å². The van der Waals surface area contributed by atoms with Crippen molar-refractivity contribution in [2.24, 2.45) is 0 Å². The molecule has 1 fully saturated rings. The molecule has 0 radical (unpaired) electrons. The second kappa shape index (κ2) is 10.1. The first-order valence-corrected chi connectivity index (χ1v) is 11.6. The van der Waals surface area contributed by atoms with E-state index < -0.39 is 0 Å². The van der Waals surface area contributed by atoms with E-state index in [1.807, 2.05) is 23.1 Å². The van der Waals surface area contributed by atoms with Crippen LogP contribution in [0.15, 0.2) is 36.4 Å². The fraction of sp³-hybridized carbons (Fsp3) is 0.522. The first-order valence-electron chi connectivity index (χ1n) is 10.8. The number of rotatable bonds is 8. The molecule has 0 saturated carbocycles. The second-order valence-electron chi connectivity index (χ2n) is 7.90. The van der Waals surface area contributed by atoms with Crippen LogP contribution in [0.4, 0.5) is 4.79 Å². The first-order chi connectivity index (χ1) is 14.3. The van der Waals surface area contributed by atoms with Gasteiger partial charge in [0, 0.05) is 31.1 Å². The van der Waals surface area contributed by atoms with Crippen LogP contribution in [-0.2, 0) is 19.4 Å². The van der Waals surface area contributed by atoms with E-state index in [9.17, 15) is 4.79 Å². The maximum absolute atomic E-state index is 12.5. The smallest absolute Gasteiger partial charge is 0.317 e. The Morgan fingerprint density at radius 2 is 1.97 bits per heavy atom. The van der Waals surface area contributed by atoms with E-state index >= 15 is 0 Å². The molecular formula is C23H31N3O2S. The molecule has 156 valence electrons. The molecule has 0 aliphatic carbocycles. The molecule has 2 aliphatic rings. The van der Waals surface area contributed by atoms with Gasteiger partial charge in [0.1, 0.15) is 0 Å². The van der Waals surface area contributed by atoms with Gasteiger partial charge in [-0.05, 0) is 62.4 Å². The maximum Gasteiger partial charge on any atom is 0.317 e. The third kappa shape index (κ3) is 5.73. The highest BCUT2D eigenvalue weighted by molar-refractivity contribution is 7.14. The molecule has 0 unspecified atom stereocenters. The van der Waals surface area contributed by atoms with Crippen LogP contribution >= 0.6 is 11.3 Å². The van der Waals surface area contributed by atoms with Crippen molar-refractivity contribution in [3.8, 4) is 5.06 Å². The van der Waals surface area contributed by atoms with E-state index in [0.29, 0.717) is 13.1 Å². The van der Waals surface area contributed by atoms with Gasteiger partial charge in [0.15, 0.2) is 5.06 Å². The number of carbonyl (C=O) groups is 1. The Balaban J connectivity index is 1.19. The highest BCUT2D eigenvalue weighted by Gasteiger charge is 2.23. The largest absolute Gasteiger partial charge is 0.484 e. The van der Waals surface area contributed by atoms with Crippen LogP contribution in [0.3, 0.4) is 0 Å². The summed E-state index contributed by atoms with van der Waals surface area (Å²) in [5.41, 5.74) is 2.49. The lowest BCUT2D eigenvalue weighted by molar-refractivity contribution is 0.193. The van der Waals surface area contributed by atoms with Crippen molar-refractivity contribution in [1.82, 2.24) is 15.1 Å². The van der Waals surface area contributed by atoms with Gasteiger partial charge in [0.05, 0.1) is 6.61 Å². The fourth-order valence-corrected chi connectivity index (χ4v) is 5.12. The number of hydrogen-bond donors (Lipinski definition) is 1. The average molecular weight is 414 g/mol. The number of hydrogen-bond acceptors (Lipinski definition) is 4. The standard InChI is InChI=1S/C23H31N3O2S/c27-23(24-11-9-19-7-2-1-3-8-19)26-15-10-21-20(18-26)17-22(29-21)28-16-6-14-25-12-4-5-13-25/h1-3,7-8,17H,4-6,9-16,18H2,(H,24,27). The maximum atomic E-state index is 12.5. The molecule has 2 aliphatic heterocycles.